The highest BCUT2D eigenvalue weighted by atomic mass is 32.2. The SMILES string of the molecule is COc1ccc(C(=O)N(Cc2ccccc2F)C2CCS(=O)(=O)C2)cc1. The molecule has 0 aromatic heterocycles. The fourth-order valence-corrected chi connectivity index (χ4v) is 4.83. The Bertz CT molecular complexity index is 896. The number of sulfone groups is 1. The van der Waals surface area contributed by atoms with Crippen molar-refractivity contribution < 1.29 is 22.3 Å². The van der Waals surface area contributed by atoms with E-state index < -0.39 is 21.7 Å². The molecule has 138 valence electrons. The first-order valence-electron chi connectivity index (χ1n) is 8.28. The van der Waals surface area contributed by atoms with Crippen molar-refractivity contribution in [2.45, 2.75) is 19.0 Å². The van der Waals surface area contributed by atoms with Crippen LogP contribution in [0.2, 0.25) is 0 Å². The van der Waals surface area contributed by atoms with Gasteiger partial charge in [-0.3, -0.25) is 4.79 Å². The van der Waals surface area contributed by atoms with Crippen LogP contribution in [0, 0.1) is 5.82 Å². The van der Waals surface area contributed by atoms with Gasteiger partial charge in [-0.15, -0.1) is 0 Å². The van der Waals surface area contributed by atoms with Crippen LogP contribution in [-0.2, 0) is 16.4 Å². The second kappa shape index (κ2) is 7.45. The summed E-state index contributed by atoms with van der Waals surface area (Å²) >= 11 is 0. The average molecular weight is 377 g/mol. The van der Waals surface area contributed by atoms with Gasteiger partial charge in [-0.1, -0.05) is 18.2 Å². The number of carbonyl (C=O) groups excluding carboxylic acids is 1. The van der Waals surface area contributed by atoms with Gasteiger partial charge in [0.25, 0.3) is 5.91 Å². The van der Waals surface area contributed by atoms with Gasteiger partial charge in [0.1, 0.15) is 11.6 Å². The Hall–Kier alpha value is -2.41. The van der Waals surface area contributed by atoms with E-state index in [0.29, 0.717) is 23.3 Å². The average Bonchev–Trinajstić information content (AvgIpc) is 3.00. The van der Waals surface area contributed by atoms with Crippen LogP contribution in [0.4, 0.5) is 4.39 Å². The number of ether oxygens (including phenoxy) is 1. The standard InChI is InChI=1S/C19H20FNO4S/c1-25-17-8-6-14(7-9-17)19(22)21(16-10-11-26(23,24)13-16)12-15-4-2-3-5-18(15)20/h2-9,16H,10-13H2,1H3. The summed E-state index contributed by atoms with van der Waals surface area (Å²) in [6.45, 7) is 0.0255. The molecule has 2 aromatic rings. The minimum absolute atomic E-state index is 0.0255. The first-order chi connectivity index (χ1) is 12.4. The molecule has 1 heterocycles. The monoisotopic (exact) mass is 377 g/mol. The predicted octanol–water partition coefficient (Wildman–Crippen LogP) is 2.66. The van der Waals surface area contributed by atoms with Gasteiger partial charge in [-0.2, -0.15) is 0 Å². The number of benzene rings is 2. The molecule has 0 saturated carbocycles. The molecule has 0 bridgehead atoms. The Kier molecular flexibility index (Phi) is 5.27. The first-order valence-corrected chi connectivity index (χ1v) is 10.1. The zero-order valence-electron chi connectivity index (χ0n) is 14.4. The minimum atomic E-state index is -3.18. The van der Waals surface area contributed by atoms with Crippen LogP contribution in [0.5, 0.6) is 5.75 Å². The van der Waals surface area contributed by atoms with Gasteiger partial charge in [-0.25, -0.2) is 12.8 Å². The molecule has 1 unspecified atom stereocenters. The molecular weight excluding hydrogens is 357 g/mol. The number of amides is 1. The molecule has 1 amide bonds. The van der Waals surface area contributed by atoms with Gasteiger partial charge in [0.05, 0.1) is 18.6 Å². The van der Waals surface area contributed by atoms with E-state index >= 15 is 0 Å². The molecule has 0 aliphatic carbocycles. The minimum Gasteiger partial charge on any atom is -0.497 e. The topological polar surface area (TPSA) is 63.7 Å². The summed E-state index contributed by atoms with van der Waals surface area (Å²) in [5.41, 5.74) is 0.769. The number of methoxy groups -OCH3 is 1. The molecule has 7 heteroatoms. The lowest BCUT2D eigenvalue weighted by molar-refractivity contribution is 0.0679. The van der Waals surface area contributed by atoms with Crippen molar-refractivity contribution in [2.75, 3.05) is 18.6 Å². The molecule has 3 rings (SSSR count). The summed E-state index contributed by atoms with van der Waals surface area (Å²) in [7, 11) is -1.64. The van der Waals surface area contributed by atoms with Crippen molar-refractivity contribution in [1.29, 1.82) is 0 Å². The lowest BCUT2D eigenvalue weighted by atomic mass is 10.1. The van der Waals surface area contributed by atoms with E-state index in [1.54, 1.807) is 42.5 Å². The van der Waals surface area contributed by atoms with Gasteiger partial charge in [0, 0.05) is 23.7 Å². The number of rotatable bonds is 5. The second-order valence-electron chi connectivity index (χ2n) is 6.31. The maximum absolute atomic E-state index is 14.1. The van der Waals surface area contributed by atoms with Gasteiger partial charge in [0.2, 0.25) is 0 Å². The van der Waals surface area contributed by atoms with Crippen molar-refractivity contribution in [3.05, 3.63) is 65.5 Å². The maximum Gasteiger partial charge on any atom is 0.254 e. The number of halogens is 1. The summed E-state index contributed by atoms with van der Waals surface area (Å²) in [6, 6.07) is 12.3. The summed E-state index contributed by atoms with van der Waals surface area (Å²) in [6.07, 6.45) is 0.360. The molecule has 1 saturated heterocycles. The van der Waals surface area contributed by atoms with Gasteiger partial charge in [0.15, 0.2) is 9.84 Å². The lowest BCUT2D eigenvalue weighted by Crippen LogP contribution is -2.40. The smallest absolute Gasteiger partial charge is 0.254 e. The molecule has 0 N–H and O–H groups in total. The molecule has 2 aromatic carbocycles. The zero-order valence-corrected chi connectivity index (χ0v) is 15.2. The molecule has 5 nitrogen and oxygen atoms in total. The van der Waals surface area contributed by atoms with Crippen LogP contribution >= 0.6 is 0 Å². The Labute approximate surface area is 152 Å². The van der Waals surface area contributed by atoms with Crippen molar-refractivity contribution in [3.63, 3.8) is 0 Å². The van der Waals surface area contributed by atoms with E-state index in [9.17, 15) is 17.6 Å². The van der Waals surface area contributed by atoms with E-state index in [1.165, 1.54) is 18.1 Å². The highest BCUT2D eigenvalue weighted by molar-refractivity contribution is 7.91. The fourth-order valence-electron chi connectivity index (χ4n) is 3.10. The number of hydrogen-bond donors (Lipinski definition) is 0. The maximum atomic E-state index is 14.1. The Morgan fingerprint density at radius 2 is 1.88 bits per heavy atom. The summed E-state index contributed by atoms with van der Waals surface area (Å²) < 4.78 is 42.9. The molecule has 0 radical (unpaired) electrons. The van der Waals surface area contributed by atoms with E-state index in [1.807, 2.05) is 0 Å². The summed E-state index contributed by atoms with van der Waals surface area (Å²) in [5, 5.41) is 0. The third kappa shape index (κ3) is 4.04. The molecule has 0 spiro atoms. The molecule has 1 fully saturated rings. The normalized spacial score (nSPS) is 18.5. The van der Waals surface area contributed by atoms with Crippen molar-refractivity contribution in [3.8, 4) is 5.75 Å². The van der Waals surface area contributed by atoms with Gasteiger partial charge < -0.3 is 9.64 Å². The van der Waals surface area contributed by atoms with Gasteiger partial charge >= 0.3 is 0 Å². The van der Waals surface area contributed by atoms with Crippen LogP contribution in [0.25, 0.3) is 0 Å². The molecule has 1 atom stereocenters. The predicted molar refractivity (Wildman–Crippen MR) is 96.3 cm³/mol. The molecule has 26 heavy (non-hydrogen) atoms. The van der Waals surface area contributed by atoms with Crippen molar-refractivity contribution in [1.82, 2.24) is 4.90 Å². The number of hydrogen-bond acceptors (Lipinski definition) is 4. The van der Waals surface area contributed by atoms with Crippen LogP contribution in [0.3, 0.4) is 0 Å². The van der Waals surface area contributed by atoms with E-state index in [0.717, 1.165) is 0 Å². The van der Waals surface area contributed by atoms with E-state index in [4.69, 9.17) is 4.74 Å². The molecular formula is C19H20FNO4S. The summed E-state index contributed by atoms with van der Waals surface area (Å²) in [4.78, 5) is 14.5. The van der Waals surface area contributed by atoms with E-state index in [-0.39, 0.29) is 24.0 Å². The highest BCUT2D eigenvalue weighted by Gasteiger charge is 2.35. The largest absolute Gasteiger partial charge is 0.497 e. The molecule has 1 aliphatic rings. The summed E-state index contributed by atoms with van der Waals surface area (Å²) in [5.74, 6) is -0.172. The van der Waals surface area contributed by atoms with Crippen LogP contribution in [0.1, 0.15) is 22.3 Å². The van der Waals surface area contributed by atoms with E-state index in [2.05, 4.69) is 0 Å². The Morgan fingerprint density at radius 3 is 2.46 bits per heavy atom. The Morgan fingerprint density at radius 1 is 1.19 bits per heavy atom. The van der Waals surface area contributed by atoms with Gasteiger partial charge in [-0.05, 0) is 36.8 Å². The number of nitrogens with zero attached hydrogens (tertiary/aromatic N) is 1. The third-order valence-electron chi connectivity index (χ3n) is 4.55. The van der Waals surface area contributed by atoms with Crippen LogP contribution in [-0.4, -0.2) is 43.9 Å². The third-order valence-corrected chi connectivity index (χ3v) is 6.30. The first kappa shape index (κ1) is 18.4. The molecule has 1 aliphatic heterocycles. The van der Waals surface area contributed by atoms with Crippen LogP contribution in [0.15, 0.2) is 48.5 Å². The lowest BCUT2D eigenvalue weighted by Gasteiger charge is -2.28. The number of carbonyl (C=O) groups is 1. The fraction of sp³-hybridized carbons (Fsp3) is 0.316. The van der Waals surface area contributed by atoms with Crippen molar-refractivity contribution >= 4 is 15.7 Å². The Balaban J connectivity index is 1.91. The van der Waals surface area contributed by atoms with Crippen molar-refractivity contribution in [2.24, 2.45) is 0 Å². The second-order valence-corrected chi connectivity index (χ2v) is 8.54. The highest BCUT2D eigenvalue weighted by Crippen LogP contribution is 2.24. The van der Waals surface area contributed by atoms with Crippen LogP contribution < -0.4 is 4.74 Å². The zero-order chi connectivity index (χ0) is 18.7. The quantitative estimate of drug-likeness (QED) is 0.804.